The van der Waals surface area contributed by atoms with Gasteiger partial charge in [-0.25, -0.2) is 0 Å². The van der Waals surface area contributed by atoms with Gasteiger partial charge in [-0.2, -0.15) is 0 Å². The molecule has 1 N–H and O–H groups in total. The molecular formula is C15H19NS. The van der Waals surface area contributed by atoms with Crippen molar-refractivity contribution in [2.24, 2.45) is 5.41 Å². The van der Waals surface area contributed by atoms with Crippen LogP contribution >= 0.6 is 11.3 Å². The van der Waals surface area contributed by atoms with Crippen LogP contribution in [0.25, 0.3) is 10.1 Å². The SMILES string of the molecule is CC(NC1CC1(C)C)c1cc2ccccc2s1. The first kappa shape index (κ1) is 11.2. The summed E-state index contributed by atoms with van der Waals surface area (Å²) in [6.07, 6.45) is 1.31. The lowest BCUT2D eigenvalue weighted by Gasteiger charge is -2.13. The number of hydrogen-bond acceptors (Lipinski definition) is 2. The highest BCUT2D eigenvalue weighted by atomic mass is 32.1. The minimum absolute atomic E-state index is 0.471. The summed E-state index contributed by atoms with van der Waals surface area (Å²) >= 11 is 1.91. The van der Waals surface area contributed by atoms with Gasteiger partial charge in [0.1, 0.15) is 0 Å². The number of nitrogens with one attached hydrogen (secondary N) is 1. The molecule has 17 heavy (non-hydrogen) atoms. The number of benzene rings is 1. The molecule has 0 aliphatic heterocycles. The van der Waals surface area contributed by atoms with Crippen LogP contribution in [0.5, 0.6) is 0 Å². The second-order valence-electron chi connectivity index (χ2n) is 5.82. The largest absolute Gasteiger partial charge is 0.306 e. The Bertz CT molecular complexity index is 508. The highest BCUT2D eigenvalue weighted by Gasteiger charge is 2.45. The quantitative estimate of drug-likeness (QED) is 0.847. The lowest BCUT2D eigenvalue weighted by molar-refractivity contribution is 0.496. The normalized spacial score (nSPS) is 23.8. The molecule has 90 valence electrons. The van der Waals surface area contributed by atoms with E-state index in [1.54, 1.807) is 0 Å². The number of fused-ring (bicyclic) bond motifs is 1. The summed E-state index contributed by atoms with van der Waals surface area (Å²) in [4.78, 5) is 1.45. The average Bonchev–Trinajstić information content (AvgIpc) is 2.76. The highest BCUT2D eigenvalue weighted by molar-refractivity contribution is 7.19. The van der Waals surface area contributed by atoms with Gasteiger partial charge in [0.25, 0.3) is 0 Å². The first-order valence-corrected chi connectivity index (χ1v) is 7.12. The maximum absolute atomic E-state index is 3.73. The van der Waals surface area contributed by atoms with Crippen molar-refractivity contribution in [2.75, 3.05) is 0 Å². The topological polar surface area (TPSA) is 12.0 Å². The molecule has 0 radical (unpaired) electrons. The molecular weight excluding hydrogens is 226 g/mol. The third-order valence-corrected chi connectivity index (χ3v) is 5.13. The Morgan fingerprint density at radius 2 is 2.06 bits per heavy atom. The molecule has 0 saturated heterocycles. The van der Waals surface area contributed by atoms with E-state index in [2.05, 4.69) is 56.4 Å². The molecule has 3 rings (SSSR count). The lowest BCUT2D eigenvalue weighted by Crippen LogP contribution is -2.23. The standard InChI is InChI=1S/C15H19NS/c1-10(16-14-9-15(14,2)3)13-8-11-6-4-5-7-12(11)17-13/h4-8,10,14,16H,9H2,1-3H3. The summed E-state index contributed by atoms with van der Waals surface area (Å²) in [5.41, 5.74) is 0.505. The summed E-state index contributed by atoms with van der Waals surface area (Å²) in [6.45, 7) is 6.95. The van der Waals surface area contributed by atoms with Gasteiger partial charge in [0.15, 0.2) is 0 Å². The van der Waals surface area contributed by atoms with Gasteiger partial charge in [-0.05, 0) is 36.3 Å². The van der Waals surface area contributed by atoms with E-state index >= 15 is 0 Å². The van der Waals surface area contributed by atoms with Gasteiger partial charge < -0.3 is 5.32 Å². The van der Waals surface area contributed by atoms with E-state index in [9.17, 15) is 0 Å². The molecule has 2 aromatic rings. The molecule has 1 nitrogen and oxygen atoms in total. The number of thiophene rings is 1. The van der Waals surface area contributed by atoms with Crippen molar-refractivity contribution in [3.63, 3.8) is 0 Å². The number of rotatable bonds is 3. The average molecular weight is 245 g/mol. The van der Waals surface area contributed by atoms with Crippen LogP contribution in [-0.2, 0) is 0 Å². The lowest BCUT2D eigenvalue weighted by atomic mass is 10.1. The maximum atomic E-state index is 3.73. The molecule has 1 aliphatic carbocycles. The zero-order chi connectivity index (χ0) is 12.0. The van der Waals surface area contributed by atoms with E-state index in [1.807, 2.05) is 11.3 Å². The van der Waals surface area contributed by atoms with E-state index in [0.29, 0.717) is 17.5 Å². The van der Waals surface area contributed by atoms with Crippen LogP contribution in [0.15, 0.2) is 30.3 Å². The summed E-state index contributed by atoms with van der Waals surface area (Å²) in [5, 5.41) is 5.10. The fraction of sp³-hybridized carbons (Fsp3) is 0.467. The predicted molar refractivity (Wildman–Crippen MR) is 75.6 cm³/mol. The van der Waals surface area contributed by atoms with Crippen LogP contribution in [-0.4, -0.2) is 6.04 Å². The summed E-state index contributed by atoms with van der Waals surface area (Å²) in [5.74, 6) is 0. The van der Waals surface area contributed by atoms with Gasteiger partial charge >= 0.3 is 0 Å². The highest BCUT2D eigenvalue weighted by Crippen LogP contribution is 2.46. The molecule has 2 atom stereocenters. The summed E-state index contributed by atoms with van der Waals surface area (Å²) in [7, 11) is 0. The van der Waals surface area contributed by atoms with Crippen LogP contribution in [0.1, 0.15) is 38.1 Å². The number of hydrogen-bond donors (Lipinski definition) is 1. The molecule has 0 amide bonds. The van der Waals surface area contributed by atoms with Gasteiger partial charge in [0.2, 0.25) is 0 Å². The van der Waals surface area contributed by atoms with E-state index in [0.717, 1.165) is 0 Å². The Balaban J connectivity index is 1.79. The Morgan fingerprint density at radius 3 is 2.71 bits per heavy atom. The molecule has 2 unspecified atom stereocenters. The first-order chi connectivity index (χ1) is 8.06. The van der Waals surface area contributed by atoms with Crippen molar-refractivity contribution in [2.45, 2.75) is 39.3 Å². The van der Waals surface area contributed by atoms with Crippen molar-refractivity contribution >= 4 is 21.4 Å². The smallest absolute Gasteiger partial charge is 0.0388 e. The molecule has 1 aromatic carbocycles. The monoisotopic (exact) mass is 245 g/mol. The Labute approximate surface area is 107 Å². The third kappa shape index (κ3) is 2.12. The molecule has 2 heteroatoms. The molecule has 0 spiro atoms. The first-order valence-electron chi connectivity index (χ1n) is 6.31. The van der Waals surface area contributed by atoms with Gasteiger partial charge in [-0.1, -0.05) is 32.0 Å². The Hall–Kier alpha value is -0.860. The molecule has 0 bridgehead atoms. The molecule has 1 saturated carbocycles. The van der Waals surface area contributed by atoms with Gasteiger partial charge in [-0.15, -0.1) is 11.3 Å². The third-order valence-electron chi connectivity index (χ3n) is 3.84. The summed E-state index contributed by atoms with van der Waals surface area (Å²) < 4.78 is 1.39. The fourth-order valence-corrected chi connectivity index (χ4v) is 3.43. The van der Waals surface area contributed by atoms with Crippen LogP contribution in [0.2, 0.25) is 0 Å². The zero-order valence-corrected chi connectivity index (χ0v) is 11.5. The zero-order valence-electron chi connectivity index (χ0n) is 10.7. The Kier molecular flexibility index (Phi) is 2.53. The van der Waals surface area contributed by atoms with E-state index in [1.165, 1.54) is 21.4 Å². The van der Waals surface area contributed by atoms with Crippen molar-refractivity contribution < 1.29 is 0 Å². The van der Waals surface area contributed by atoms with Gasteiger partial charge in [0, 0.05) is 21.7 Å². The molecule has 1 fully saturated rings. The van der Waals surface area contributed by atoms with E-state index in [4.69, 9.17) is 0 Å². The van der Waals surface area contributed by atoms with Crippen LogP contribution < -0.4 is 5.32 Å². The Morgan fingerprint density at radius 1 is 1.35 bits per heavy atom. The van der Waals surface area contributed by atoms with Crippen LogP contribution in [0.3, 0.4) is 0 Å². The van der Waals surface area contributed by atoms with E-state index in [-0.39, 0.29) is 0 Å². The second-order valence-corrected chi connectivity index (χ2v) is 6.94. The molecule has 1 aromatic heterocycles. The maximum Gasteiger partial charge on any atom is 0.0388 e. The van der Waals surface area contributed by atoms with Crippen LogP contribution in [0.4, 0.5) is 0 Å². The molecule has 1 heterocycles. The second kappa shape index (κ2) is 3.82. The predicted octanol–water partition coefficient (Wildman–Crippen LogP) is 4.35. The minimum atomic E-state index is 0.471. The van der Waals surface area contributed by atoms with Crippen molar-refractivity contribution in [3.8, 4) is 0 Å². The van der Waals surface area contributed by atoms with Crippen molar-refractivity contribution in [3.05, 3.63) is 35.2 Å². The fourth-order valence-electron chi connectivity index (χ4n) is 2.35. The van der Waals surface area contributed by atoms with E-state index < -0.39 is 0 Å². The van der Waals surface area contributed by atoms with Gasteiger partial charge in [-0.3, -0.25) is 0 Å². The van der Waals surface area contributed by atoms with Crippen molar-refractivity contribution in [1.29, 1.82) is 0 Å². The minimum Gasteiger partial charge on any atom is -0.306 e. The van der Waals surface area contributed by atoms with Crippen molar-refractivity contribution in [1.82, 2.24) is 5.32 Å². The molecule has 1 aliphatic rings. The summed E-state index contributed by atoms with van der Waals surface area (Å²) in [6, 6.07) is 12.1. The van der Waals surface area contributed by atoms with Gasteiger partial charge in [0.05, 0.1) is 0 Å². The van der Waals surface area contributed by atoms with Crippen LogP contribution in [0, 0.1) is 5.41 Å².